The Balaban J connectivity index is 1.26. The molecule has 5 rings (SSSR count). The molecule has 0 bridgehead atoms. The smallest absolute Gasteiger partial charge is 0.246 e. The number of piperazine rings is 1. The van der Waals surface area contributed by atoms with Crippen LogP contribution in [-0.2, 0) is 11.3 Å². The molecule has 7 nitrogen and oxygen atoms in total. The standard InChI is InChI=1S/C27H28ClN3O4/c1-33-23-10-8-21(16-22(23)28)29-27(32)26(20-5-3-2-4-6-20)31-13-11-30(12-14-31)17-19-7-9-24-25(15-19)35-18-34-24/h2-10,15-16,26H,11-14,17-18H2,1H3,(H,29,32)/t26-/m0/s1. The van der Waals surface area contributed by atoms with Gasteiger partial charge in [-0.15, -0.1) is 0 Å². The van der Waals surface area contributed by atoms with E-state index in [2.05, 4.69) is 27.2 Å². The third-order valence-corrected chi connectivity index (χ3v) is 6.69. The number of benzene rings is 3. The Morgan fingerprint density at radius 1 is 1.00 bits per heavy atom. The van der Waals surface area contributed by atoms with E-state index in [9.17, 15) is 4.79 Å². The lowest BCUT2D eigenvalue weighted by Crippen LogP contribution is -2.49. The van der Waals surface area contributed by atoms with Crippen LogP contribution in [0.3, 0.4) is 0 Å². The monoisotopic (exact) mass is 493 g/mol. The van der Waals surface area contributed by atoms with Gasteiger partial charge in [0, 0.05) is 38.4 Å². The van der Waals surface area contributed by atoms with Gasteiger partial charge >= 0.3 is 0 Å². The molecule has 1 atom stereocenters. The summed E-state index contributed by atoms with van der Waals surface area (Å²) in [6.07, 6.45) is 0. The van der Waals surface area contributed by atoms with Gasteiger partial charge in [0.2, 0.25) is 12.7 Å². The van der Waals surface area contributed by atoms with Crippen molar-refractivity contribution in [2.75, 3.05) is 45.4 Å². The van der Waals surface area contributed by atoms with Crippen molar-refractivity contribution in [3.63, 3.8) is 0 Å². The summed E-state index contributed by atoms with van der Waals surface area (Å²) in [4.78, 5) is 18.1. The molecule has 0 radical (unpaired) electrons. The van der Waals surface area contributed by atoms with E-state index in [0.717, 1.165) is 49.8 Å². The van der Waals surface area contributed by atoms with Gasteiger partial charge in [-0.05, 0) is 41.5 Å². The first-order valence-corrected chi connectivity index (χ1v) is 12.0. The minimum absolute atomic E-state index is 0.0818. The number of methoxy groups -OCH3 is 1. The maximum Gasteiger partial charge on any atom is 0.246 e. The van der Waals surface area contributed by atoms with Gasteiger partial charge in [-0.25, -0.2) is 0 Å². The van der Waals surface area contributed by atoms with Crippen LogP contribution < -0.4 is 19.5 Å². The number of anilines is 1. The van der Waals surface area contributed by atoms with Gasteiger partial charge in [0.05, 0.1) is 12.1 Å². The molecule has 2 aliphatic heterocycles. The molecule has 3 aromatic carbocycles. The Morgan fingerprint density at radius 2 is 1.77 bits per heavy atom. The van der Waals surface area contributed by atoms with Gasteiger partial charge in [0.15, 0.2) is 11.5 Å². The number of nitrogens with zero attached hydrogens (tertiary/aromatic N) is 2. The fourth-order valence-electron chi connectivity index (χ4n) is 4.60. The van der Waals surface area contributed by atoms with E-state index in [4.69, 9.17) is 25.8 Å². The van der Waals surface area contributed by atoms with Crippen molar-refractivity contribution in [1.82, 2.24) is 9.80 Å². The molecule has 2 heterocycles. The molecule has 35 heavy (non-hydrogen) atoms. The number of carbonyl (C=O) groups is 1. The van der Waals surface area contributed by atoms with Crippen molar-refractivity contribution in [2.24, 2.45) is 0 Å². The Morgan fingerprint density at radius 3 is 2.51 bits per heavy atom. The fraction of sp³-hybridized carbons (Fsp3) is 0.296. The number of carbonyl (C=O) groups excluding carboxylic acids is 1. The van der Waals surface area contributed by atoms with Gasteiger partial charge in [-0.2, -0.15) is 0 Å². The van der Waals surface area contributed by atoms with Crippen LogP contribution in [-0.4, -0.2) is 55.8 Å². The number of rotatable bonds is 7. The van der Waals surface area contributed by atoms with E-state index >= 15 is 0 Å². The highest BCUT2D eigenvalue weighted by Crippen LogP contribution is 2.33. The second-order valence-electron chi connectivity index (χ2n) is 8.65. The number of ether oxygens (including phenoxy) is 3. The highest BCUT2D eigenvalue weighted by atomic mass is 35.5. The zero-order chi connectivity index (χ0) is 24.2. The molecule has 3 aromatic rings. The molecule has 2 aliphatic rings. The van der Waals surface area contributed by atoms with Gasteiger partial charge in [0.25, 0.3) is 0 Å². The highest BCUT2D eigenvalue weighted by molar-refractivity contribution is 6.32. The summed E-state index contributed by atoms with van der Waals surface area (Å²) < 4.78 is 16.1. The molecule has 1 saturated heterocycles. The lowest BCUT2D eigenvalue weighted by atomic mass is 10.0. The Kier molecular flexibility index (Phi) is 7.08. The van der Waals surface area contributed by atoms with Crippen molar-refractivity contribution in [1.29, 1.82) is 0 Å². The molecular formula is C27H28ClN3O4. The summed E-state index contributed by atoms with van der Waals surface area (Å²) in [5, 5.41) is 3.50. The highest BCUT2D eigenvalue weighted by Gasteiger charge is 2.31. The van der Waals surface area contributed by atoms with Crippen molar-refractivity contribution in [2.45, 2.75) is 12.6 Å². The Bertz CT molecular complexity index is 1180. The van der Waals surface area contributed by atoms with Crippen LogP contribution in [0.1, 0.15) is 17.2 Å². The lowest BCUT2D eigenvalue weighted by molar-refractivity contribution is -0.122. The fourth-order valence-corrected chi connectivity index (χ4v) is 4.85. The molecule has 8 heteroatoms. The van der Waals surface area contributed by atoms with Crippen LogP contribution in [0, 0.1) is 0 Å². The molecule has 0 aliphatic carbocycles. The summed E-state index contributed by atoms with van der Waals surface area (Å²) in [7, 11) is 1.57. The van der Waals surface area contributed by atoms with Crippen LogP contribution in [0.25, 0.3) is 0 Å². The summed E-state index contributed by atoms with van der Waals surface area (Å²) >= 11 is 6.26. The summed E-state index contributed by atoms with van der Waals surface area (Å²) in [5.41, 5.74) is 2.80. The average Bonchev–Trinajstić information content (AvgIpc) is 3.34. The van der Waals surface area contributed by atoms with Gasteiger partial charge < -0.3 is 19.5 Å². The lowest BCUT2D eigenvalue weighted by Gasteiger charge is -2.38. The minimum atomic E-state index is -0.398. The van der Waals surface area contributed by atoms with Crippen molar-refractivity contribution < 1.29 is 19.0 Å². The molecule has 0 saturated carbocycles. The molecule has 0 aromatic heterocycles. The second kappa shape index (κ2) is 10.6. The molecule has 182 valence electrons. The Labute approximate surface area is 210 Å². The van der Waals surface area contributed by atoms with Crippen LogP contribution in [0.5, 0.6) is 17.2 Å². The van der Waals surface area contributed by atoms with E-state index in [-0.39, 0.29) is 12.7 Å². The molecular weight excluding hydrogens is 466 g/mol. The minimum Gasteiger partial charge on any atom is -0.495 e. The normalized spacial score (nSPS) is 16.6. The van der Waals surface area contributed by atoms with Crippen LogP contribution in [0.4, 0.5) is 5.69 Å². The molecule has 1 amide bonds. The third-order valence-electron chi connectivity index (χ3n) is 6.40. The van der Waals surface area contributed by atoms with E-state index in [1.165, 1.54) is 5.56 Å². The molecule has 0 spiro atoms. The summed E-state index contributed by atoms with van der Waals surface area (Å²) in [6, 6.07) is 20.9. The molecule has 1 N–H and O–H groups in total. The summed E-state index contributed by atoms with van der Waals surface area (Å²) in [6.45, 7) is 4.39. The van der Waals surface area contributed by atoms with E-state index < -0.39 is 6.04 Å². The van der Waals surface area contributed by atoms with Crippen LogP contribution in [0.15, 0.2) is 66.7 Å². The topological polar surface area (TPSA) is 63.3 Å². The van der Waals surface area contributed by atoms with E-state index in [0.29, 0.717) is 16.5 Å². The predicted octanol–water partition coefficient (Wildman–Crippen LogP) is 4.57. The van der Waals surface area contributed by atoms with E-state index in [1.54, 1.807) is 25.3 Å². The van der Waals surface area contributed by atoms with Crippen LogP contribution in [0.2, 0.25) is 5.02 Å². The predicted molar refractivity (Wildman–Crippen MR) is 135 cm³/mol. The SMILES string of the molecule is COc1ccc(NC(=O)[C@H](c2ccccc2)N2CCN(Cc3ccc4c(c3)OCO4)CC2)cc1Cl. The number of hydrogen-bond acceptors (Lipinski definition) is 6. The maximum atomic E-state index is 13.5. The molecule has 1 fully saturated rings. The first kappa shape index (κ1) is 23.5. The number of hydrogen-bond donors (Lipinski definition) is 1. The van der Waals surface area contributed by atoms with Gasteiger partial charge in [-0.1, -0.05) is 48.0 Å². The van der Waals surface area contributed by atoms with Crippen molar-refractivity contribution in [3.05, 3.63) is 82.9 Å². The number of halogens is 1. The quantitative estimate of drug-likeness (QED) is 0.520. The summed E-state index contributed by atoms with van der Waals surface area (Å²) in [5.74, 6) is 2.10. The first-order valence-electron chi connectivity index (χ1n) is 11.6. The second-order valence-corrected chi connectivity index (χ2v) is 9.06. The number of fused-ring (bicyclic) bond motifs is 1. The van der Waals surface area contributed by atoms with Crippen molar-refractivity contribution >= 4 is 23.2 Å². The molecule has 0 unspecified atom stereocenters. The number of nitrogens with one attached hydrogen (secondary N) is 1. The van der Waals surface area contributed by atoms with Gasteiger partial charge in [-0.3, -0.25) is 14.6 Å². The Hall–Kier alpha value is -3.26. The average molecular weight is 494 g/mol. The van der Waals surface area contributed by atoms with Gasteiger partial charge in [0.1, 0.15) is 11.8 Å². The van der Waals surface area contributed by atoms with Crippen LogP contribution >= 0.6 is 11.6 Å². The maximum absolute atomic E-state index is 13.5. The third kappa shape index (κ3) is 5.37. The van der Waals surface area contributed by atoms with E-state index in [1.807, 2.05) is 36.4 Å². The first-order chi connectivity index (χ1) is 17.1. The number of amides is 1. The largest absolute Gasteiger partial charge is 0.495 e. The van der Waals surface area contributed by atoms with Crippen molar-refractivity contribution in [3.8, 4) is 17.2 Å². The zero-order valence-corrected chi connectivity index (χ0v) is 20.3. The zero-order valence-electron chi connectivity index (χ0n) is 19.6.